The van der Waals surface area contributed by atoms with Gasteiger partial charge in [0.25, 0.3) is 0 Å². The fourth-order valence-electron chi connectivity index (χ4n) is 1.25. The van der Waals surface area contributed by atoms with Crippen LogP contribution in [0.25, 0.3) is 10.8 Å². The van der Waals surface area contributed by atoms with Gasteiger partial charge in [-0.25, -0.2) is 4.98 Å². The van der Waals surface area contributed by atoms with Crippen molar-refractivity contribution >= 4 is 22.4 Å². The SMILES string of the molecule is N#Cc1cnc(Cl)c2ccccc12. The van der Waals surface area contributed by atoms with Gasteiger partial charge in [-0.3, -0.25) is 0 Å². The van der Waals surface area contributed by atoms with E-state index >= 15 is 0 Å². The minimum Gasteiger partial charge on any atom is -0.243 e. The number of pyridine rings is 1. The molecular formula is C10H5ClN2. The third-order valence-corrected chi connectivity index (χ3v) is 2.17. The van der Waals surface area contributed by atoms with E-state index in [-0.39, 0.29) is 0 Å². The molecular weight excluding hydrogens is 184 g/mol. The van der Waals surface area contributed by atoms with Crippen LogP contribution in [0.3, 0.4) is 0 Å². The fraction of sp³-hybridized carbons (Fsp3) is 0. The first kappa shape index (κ1) is 8.03. The maximum absolute atomic E-state index is 8.79. The molecule has 0 atom stereocenters. The summed E-state index contributed by atoms with van der Waals surface area (Å²) < 4.78 is 0. The number of nitriles is 1. The monoisotopic (exact) mass is 188 g/mol. The maximum Gasteiger partial charge on any atom is 0.136 e. The predicted molar refractivity (Wildman–Crippen MR) is 51.5 cm³/mol. The second-order valence-electron chi connectivity index (χ2n) is 2.62. The third-order valence-electron chi connectivity index (χ3n) is 1.87. The zero-order valence-corrected chi connectivity index (χ0v) is 7.42. The lowest BCUT2D eigenvalue weighted by Gasteiger charge is -1.99. The fourth-order valence-corrected chi connectivity index (χ4v) is 1.46. The van der Waals surface area contributed by atoms with Crippen LogP contribution >= 0.6 is 11.6 Å². The van der Waals surface area contributed by atoms with Gasteiger partial charge in [-0.15, -0.1) is 0 Å². The van der Waals surface area contributed by atoms with Gasteiger partial charge in [0.1, 0.15) is 11.2 Å². The number of aromatic nitrogens is 1. The minimum atomic E-state index is 0.439. The molecule has 0 saturated carbocycles. The van der Waals surface area contributed by atoms with Crippen molar-refractivity contribution in [2.45, 2.75) is 0 Å². The van der Waals surface area contributed by atoms with E-state index in [1.807, 2.05) is 24.3 Å². The molecule has 0 saturated heterocycles. The number of nitrogens with zero attached hydrogens (tertiary/aromatic N) is 2. The van der Waals surface area contributed by atoms with Crippen LogP contribution in [0.4, 0.5) is 0 Å². The Morgan fingerprint density at radius 2 is 1.92 bits per heavy atom. The van der Waals surface area contributed by atoms with Crippen molar-refractivity contribution in [2.24, 2.45) is 0 Å². The lowest BCUT2D eigenvalue weighted by molar-refractivity contribution is 1.34. The standard InChI is InChI=1S/C10H5ClN2/c11-10-9-4-2-1-3-8(9)7(5-12)6-13-10/h1-4,6H. The molecule has 0 N–H and O–H groups in total. The maximum atomic E-state index is 8.79. The quantitative estimate of drug-likeness (QED) is 0.596. The van der Waals surface area contributed by atoms with E-state index < -0.39 is 0 Å². The van der Waals surface area contributed by atoms with E-state index in [2.05, 4.69) is 11.1 Å². The van der Waals surface area contributed by atoms with E-state index in [9.17, 15) is 0 Å². The Labute approximate surface area is 80.4 Å². The number of halogens is 1. The Bertz CT molecular complexity index is 500. The first-order chi connectivity index (χ1) is 6.33. The molecule has 0 unspecified atom stereocenters. The number of rotatable bonds is 0. The zero-order valence-electron chi connectivity index (χ0n) is 6.66. The molecule has 2 rings (SSSR count). The Kier molecular flexibility index (Phi) is 1.88. The van der Waals surface area contributed by atoms with Gasteiger partial charge in [-0.05, 0) is 0 Å². The van der Waals surface area contributed by atoms with Crippen molar-refractivity contribution < 1.29 is 0 Å². The third kappa shape index (κ3) is 1.24. The van der Waals surface area contributed by atoms with Crippen molar-refractivity contribution in [3.63, 3.8) is 0 Å². The summed E-state index contributed by atoms with van der Waals surface area (Å²) in [6.07, 6.45) is 1.49. The van der Waals surface area contributed by atoms with Crippen molar-refractivity contribution in [3.05, 3.63) is 41.2 Å². The van der Waals surface area contributed by atoms with Crippen molar-refractivity contribution in [3.8, 4) is 6.07 Å². The Balaban J connectivity index is 2.95. The number of fused-ring (bicyclic) bond motifs is 1. The summed E-state index contributed by atoms with van der Waals surface area (Å²) in [5.41, 5.74) is 0.556. The Hall–Kier alpha value is -1.59. The van der Waals surface area contributed by atoms with Crippen molar-refractivity contribution in [2.75, 3.05) is 0 Å². The number of benzene rings is 1. The molecule has 0 amide bonds. The zero-order chi connectivity index (χ0) is 9.26. The van der Waals surface area contributed by atoms with Gasteiger partial charge >= 0.3 is 0 Å². The molecule has 0 aliphatic heterocycles. The largest absolute Gasteiger partial charge is 0.243 e. The van der Waals surface area contributed by atoms with Gasteiger partial charge in [-0.2, -0.15) is 5.26 Å². The lowest BCUT2D eigenvalue weighted by atomic mass is 10.1. The van der Waals surface area contributed by atoms with Crippen LogP contribution in [0.5, 0.6) is 0 Å². The summed E-state index contributed by atoms with van der Waals surface area (Å²) in [4.78, 5) is 3.92. The number of hydrogen-bond acceptors (Lipinski definition) is 2. The highest BCUT2D eigenvalue weighted by Gasteiger charge is 2.03. The van der Waals surface area contributed by atoms with E-state index in [4.69, 9.17) is 16.9 Å². The molecule has 1 heterocycles. The molecule has 0 spiro atoms. The van der Waals surface area contributed by atoms with Crippen molar-refractivity contribution in [1.29, 1.82) is 5.26 Å². The summed E-state index contributed by atoms with van der Waals surface area (Å²) in [6, 6.07) is 9.54. The van der Waals surface area contributed by atoms with Crippen LogP contribution in [-0.2, 0) is 0 Å². The topological polar surface area (TPSA) is 36.7 Å². The van der Waals surface area contributed by atoms with Gasteiger partial charge in [0.05, 0.1) is 5.56 Å². The Morgan fingerprint density at radius 3 is 2.62 bits per heavy atom. The smallest absolute Gasteiger partial charge is 0.136 e. The van der Waals surface area contributed by atoms with Gasteiger partial charge in [0, 0.05) is 17.0 Å². The van der Waals surface area contributed by atoms with Crippen LogP contribution in [0.2, 0.25) is 5.15 Å². The average Bonchev–Trinajstić information content (AvgIpc) is 2.19. The van der Waals surface area contributed by atoms with Crippen LogP contribution in [0.15, 0.2) is 30.5 Å². The van der Waals surface area contributed by atoms with Crippen LogP contribution in [0, 0.1) is 11.3 Å². The normalized spacial score (nSPS) is 9.85. The summed E-state index contributed by atoms with van der Waals surface area (Å²) in [5.74, 6) is 0. The second-order valence-corrected chi connectivity index (χ2v) is 2.98. The summed E-state index contributed by atoms with van der Waals surface area (Å²) in [5, 5.41) is 10.9. The molecule has 0 radical (unpaired) electrons. The van der Waals surface area contributed by atoms with Gasteiger partial charge in [0.15, 0.2) is 0 Å². The molecule has 0 fully saturated rings. The lowest BCUT2D eigenvalue weighted by Crippen LogP contribution is -1.83. The average molecular weight is 189 g/mol. The predicted octanol–water partition coefficient (Wildman–Crippen LogP) is 2.76. The highest BCUT2D eigenvalue weighted by molar-refractivity contribution is 6.34. The van der Waals surface area contributed by atoms with Crippen LogP contribution in [0.1, 0.15) is 5.56 Å². The molecule has 62 valence electrons. The molecule has 2 nitrogen and oxygen atoms in total. The Morgan fingerprint density at radius 1 is 1.23 bits per heavy atom. The van der Waals surface area contributed by atoms with Gasteiger partial charge in [-0.1, -0.05) is 35.9 Å². The first-order valence-electron chi connectivity index (χ1n) is 3.76. The van der Waals surface area contributed by atoms with E-state index in [0.29, 0.717) is 10.7 Å². The molecule has 0 aliphatic carbocycles. The summed E-state index contributed by atoms with van der Waals surface area (Å²) >= 11 is 5.87. The second kappa shape index (κ2) is 3.04. The molecule has 13 heavy (non-hydrogen) atoms. The van der Waals surface area contributed by atoms with E-state index in [1.165, 1.54) is 6.20 Å². The van der Waals surface area contributed by atoms with Gasteiger partial charge in [0.2, 0.25) is 0 Å². The number of hydrogen-bond donors (Lipinski definition) is 0. The highest BCUT2D eigenvalue weighted by atomic mass is 35.5. The van der Waals surface area contributed by atoms with E-state index in [0.717, 1.165) is 10.8 Å². The minimum absolute atomic E-state index is 0.439. The van der Waals surface area contributed by atoms with Crippen LogP contribution in [-0.4, -0.2) is 4.98 Å². The summed E-state index contributed by atoms with van der Waals surface area (Å²) in [7, 11) is 0. The van der Waals surface area contributed by atoms with E-state index in [1.54, 1.807) is 0 Å². The first-order valence-corrected chi connectivity index (χ1v) is 4.14. The molecule has 0 bridgehead atoms. The molecule has 0 aliphatic rings. The molecule has 1 aromatic heterocycles. The van der Waals surface area contributed by atoms with Crippen molar-refractivity contribution in [1.82, 2.24) is 4.98 Å². The molecule has 3 heteroatoms. The summed E-state index contributed by atoms with van der Waals surface area (Å²) in [6.45, 7) is 0. The highest BCUT2D eigenvalue weighted by Crippen LogP contribution is 2.23. The molecule has 2 aromatic rings. The molecule has 1 aromatic carbocycles. The van der Waals surface area contributed by atoms with Gasteiger partial charge < -0.3 is 0 Å². The van der Waals surface area contributed by atoms with Crippen LogP contribution < -0.4 is 0 Å².